The molecule has 7 heteroatoms. The van der Waals surface area contributed by atoms with Crippen molar-refractivity contribution in [2.75, 3.05) is 37.7 Å². The standard InChI is InChI=1S/C20H20BrN3O3/c21-16-6-4-14(5-7-16)18-13-23(10-11-27-18)19(25)15-2-1-3-17(12-15)24-9-8-22-20(24)26/h1-7,12,18H,8-11,13H2,(H,22,26). The fourth-order valence-corrected chi connectivity index (χ4v) is 3.68. The summed E-state index contributed by atoms with van der Waals surface area (Å²) in [6, 6.07) is 15.1. The average molecular weight is 430 g/mol. The van der Waals surface area contributed by atoms with E-state index in [1.165, 1.54) is 0 Å². The Balaban J connectivity index is 1.50. The zero-order chi connectivity index (χ0) is 18.8. The van der Waals surface area contributed by atoms with Crippen molar-refractivity contribution in [2.24, 2.45) is 0 Å². The van der Waals surface area contributed by atoms with Gasteiger partial charge in [0.1, 0.15) is 6.10 Å². The van der Waals surface area contributed by atoms with Crippen molar-refractivity contribution in [3.63, 3.8) is 0 Å². The number of nitrogens with one attached hydrogen (secondary N) is 1. The molecule has 0 radical (unpaired) electrons. The molecule has 1 N–H and O–H groups in total. The van der Waals surface area contributed by atoms with Gasteiger partial charge < -0.3 is 15.0 Å². The number of rotatable bonds is 3. The summed E-state index contributed by atoms with van der Waals surface area (Å²) in [4.78, 5) is 28.4. The highest BCUT2D eigenvalue weighted by Gasteiger charge is 2.27. The smallest absolute Gasteiger partial charge is 0.321 e. The van der Waals surface area contributed by atoms with E-state index in [1.807, 2.05) is 41.3 Å². The zero-order valence-corrected chi connectivity index (χ0v) is 16.3. The van der Waals surface area contributed by atoms with Gasteiger partial charge >= 0.3 is 6.03 Å². The molecule has 4 rings (SSSR count). The van der Waals surface area contributed by atoms with Crippen molar-refractivity contribution in [1.29, 1.82) is 0 Å². The first-order chi connectivity index (χ1) is 13.1. The fraction of sp³-hybridized carbons (Fsp3) is 0.300. The van der Waals surface area contributed by atoms with Crippen molar-refractivity contribution in [2.45, 2.75) is 6.10 Å². The van der Waals surface area contributed by atoms with E-state index in [0.29, 0.717) is 38.3 Å². The second kappa shape index (κ2) is 7.70. The normalized spacial score (nSPS) is 19.9. The van der Waals surface area contributed by atoms with Crippen molar-refractivity contribution >= 4 is 33.6 Å². The predicted octanol–water partition coefficient (Wildman–Crippen LogP) is 3.19. The third-order valence-electron chi connectivity index (χ3n) is 4.86. The van der Waals surface area contributed by atoms with Gasteiger partial charge in [0.05, 0.1) is 13.2 Å². The number of hydrogen-bond acceptors (Lipinski definition) is 3. The predicted molar refractivity (Wildman–Crippen MR) is 106 cm³/mol. The van der Waals surface area contributed by atoms with E-state index in [4.69, 9.17) is 4.74 Å². The van der Waals surface area contributed by atoms with Gasteiger partial charge in [-0.2, -0.15) is 0 Å². The van der Waals surface area contributed by atoms with Gasteiger partial charge in [0.15, 0.2) is 0 Å². The second-order valence-corrected chi connectivity index (χ2v) is 7.51. The largest absolute Gasteiger partial charge is 0.370 e. The molecule has 140 valence electrons. The third-order valence-corrected chi connectivity index (χ3v) is 5.39. The number of anilines is 1. The first kappa shape index (κ1) is 18.0. The molecule has 0 saturated carbocycles. The molecular weight excluding hydrogens is 410 g/mol. The number of benzene rings is 2. The van der Waals surface area contributed by atoms with Crippen molar-refractivity contribution < 1.29 is 14.3 Å². The van der Waals surface area contributed by atoms with Crippen LogP contribution in [0.2, 0.25) is 0 Å². The lowest BCUT2D eigenvalue weighted by Gasteiger charge is -2.33. The van der Waals surface area contributed by atoms with Crippen LogP contribution in [0.4, 0.5) is 10.5 Å². The highest BCUT2D eigenvalue weighted by molar-refractivity contribution is 9.10. The Morgan fingerprint density at radius 2 is 1.96 bits per heavy atom. The number of carbonyl (C=O) groups is 2. The molecule has 3 amide bonds. The zero-order valence-electron chi connectivity index (χ0n) is 14.7. The van der Waals surface area contributed by atoms with Crippen LogP contribution in [0.3, 0.4) is 0 Å². The minimum atomic E-state index is -0.136. The molecule has 0 aromatic heterocycles. The van der Waals surface area contributed by atoms with Crippen LogP contribution in [0.5, 0.6) is 0 Å². The summed E-state index contributed by atoms with van der Waals surface area (Å²) in [6.07, 6.45) is -0.136. The van der Waals surface area contributed by atoms with Crippen LogP contribution in [0.1, 0.15) is 22.0 Å². The molecule has 27 heavy (non-hydrogen) atoms. The molecule has 1 unspecified atom stereocenters. The summed E-state index contributed by atoms with van der Waals surface area (Å²) in [5, 5.41) is 2.78. The molecule has 0 aliphatic carbocycles. The molecule has 2 saturated heterocycles. The van der Waals surface area contributed by atoms with E-state index in [-0.39, 0.29) is 18.0 Å². The first-order valence-corrected chi connectivity index (χ1v) is 9.73. The number of morpholine rings is 1. The fourth-order valence-electron chi connectivity index (χ4n) is 3.42. The molecule has 2 heterocycles. The summed E-state index contributed by atoms with van der Waals surface area (Å²) in [6.45, 7) is 2.80. The number of hydrogen-bond donors (Lipinski definition) is 1. The monoisotopic (exact) mass is 429 g/mol. The molecule has 1 atom stereocenters. The summed E-state index contributed by atoms with van der Waals surface area (Å²) in [5.74, 6) is -0.0399. The summed E-state index contributed by atoms with van der Waals surface area (Å²) >= 11 is 3.44. The molecule has 0 spiro atoms. The van der Waals surface area contributed by atoms with Gasteiger partial charge in [0, 0.05) is 35.4 Å². The van der Waals surface area contributed by atoms with Gasteiger partial charge in [-0.1, -0.05) is 34.1 Å². The van der Waals surface area contributed by atoms with Gasteiger partial charge in [-0.05, 0) is 35.9 Å². The third kappa shape index (κ3) is 3.84. The van der Waals surface area contributed by atoms with Crippen LogP contribution in [-0.2, 0) is 4.74 Å². The minimum absolute atomic E-state index is 0.0399. The van der Waals surface area contributed by atoms with Crippen LogP contribution in [0.25, 0.3) is 0 Å². The second-order valence-electron chi connectivity index (χ2n) is 6.60. The van der Waals surface area contributed by atoms with Gasteiger partial charge in [0.2, 0.25) is 0 Å². The van der Waals surface area contributed by atoms with E-state index in [9.17, 15) is 9.59 Å². The van der Waals surface area contributed by atoms with E-state index < -0.39 is 0 Å². The Morgan fingerprint density at radius 1 is 1.15 bits per heavy atom. The summed E-state index contributed by atoms with van der Waals surface area (Å²) in [5.41, 5.74) is 2.38. The van der Waals surface area contributed by atoms with Gasteiger partial charge in [-0.25, -0.2) is 4.79 Å². The first-order valence-electron chi connectivity index (χ1n) is 8.93. The van der Waals surface area contributed by atoms with E-state index in [1.54, 1.807) is 17.0 Å². The Hall–Kier alpha value is -2.38. The molecule has 2 aromatic carbocycles. The van der Waals surface area contributed by atoms with Crippen molar-refractivity contribution in [1.82, 2.24) is 10.2 Å². The van der Waals surface area contributed by atoms with E-state index in [0.717, 1.165) is 15.7 Å². The van der Waals surface area contributed by atoms with Crippen LogP contribution < -0.4 is 10.2 Å². The number of halogens is 1. The molecule has 2 aliphatic heterocycles. The Morgan fingerprint density at radius 3 is 2.70 bits per heavy atom. The van der Waals surface area contributed by atoms with E-state index >= 15 is 0 Å². The van der Waals surface area contributed by atoms with E-state index in [2.05, 4.69) is 21.2 Å². The lowest BCUT2D eigenvalue weighted by molar-refractivity contribution is -0.0228. The quantitative estimate of drug-likeness (QED) is 0.814. The van der Waals surface area contributed by atoms with Crippen LogP contribution in [0, 0.1) is 0 Å². The van der Waals surface area contributed by atoms with Gasteiger partial charge in [-0.15, -0.1) is 0 Å². The van der Waals surface area contributed by atoms with Gasteiger partial charge in [0.25, 0.3) is 5.91 Å². The maximum absolute atomic E-state index is 13.0. The molecular formula is C20H20BrN3O3. The van der Waals surface area contributed by atoms with Crippen molar-refractivity contribution in [3.8, 4) is 0 Å². The summed E-state index contributed by atoms with van der Waals surface area (Å²) in [7, 11) is 0. The summed E-state index contributed by atoms with van der Waals surface area (Å²) < 4.78 is 6.88. The molecule has 6 nitrogen and oxygen atoms in total. The number of nitrogens with zero attached hydrogens (tertiary/aromatic N) is 2. The van der Waals surface area contributed by atoms with Crippen LogP contribution in [-0.4, -0.2) is 49.6 Å². The minimum Gasteiger partial charge on any atom is -0.370 e. The molecule has 2 fully saturated rings. The number of ether oxygens (including phenoxy) is 1. The maximum Gasteiger partial charge on any atom is 0.321 e. The topological polar surface area (TPSA) is 61.9 Å². The lowest BCUT2D eigenvalue weighted by atomic mass is 10.1. The number of amides is 3. The molecule has 2 aromatic rings. The van der Waals surface area contributed by atoms with Crippen molar-refractivity contribution in [3.05, 3.63) is 64.1 Å². The number of urea groups is 1. The lowest BCUT2D eigenvalue weighted by Crippen LogP contribution is -2.42. The highest BCUT2D eigenvalue weighted by Crippen LogP contribution is 2.26. The van der Waals surface area contributed by atoms with Gasteiger partial charge in [-0.3, -0.25) is 9.69 Å². The Labute approximate surface area is 166 Å². The number of carbonyl (C=O) groups excluding carboxylic acids is 2. The van der Waals surface area contributed by atoms with Crippen LogP contribution >= 0.6 is 15.9 Å². The average Bonchev–Trinajstić information content (AvgIpc) is 3.14. The molecule has 0 bridgehead atoms. The SMILES string of the molecule is O=C(c1cccc(N2CCNC2=O)c1)N1CCOC(c2ccc(Br)cc2)C1. The Kier molecular flexibility index (Phi) is 5.13. The highest BCUT2D eigenvalue weighted by atomic mass is 79.9. The Bertz CT molecular complexity index is 856. The maximum atomic E-state index is 13.0. The van der Waals surface area contributed by atoms with Crippen LogP contribution in [0.15, 0.2) is 53.0 Å². The molecule has 2 aliphatic rings.